The van der Waals surface area contributed by atoms with Gasteiger partial charge < -0.3 is 14.6 Å². The third-order valence-corrected chi connectivity index (χ3v) is 3.10. The minimum absolute atomic E-state index is 0.0752. The van der Waals surface area contributed by atoms with E-state index in [0.717, 1.165) is 0 Å². The Morgan fingerprint density at radius 2 is 2.05 bits per heavy atom. The second-order valence-corrected chi connectivity index (χ2v) is 4.39. The van der Waals surface area contributed by atoms with Crippen LogP contribution in [0.2, 0.25) is 0 Å². The summed E-state index contributed by atoms with van der Waals surface area (Å²) in [5.74, 6) is 0.697. The number of hydrogen-bond donors (Lipinski definition) is 2. The summed E-state index contributed by atoms with van der Waals surface area (Å²) in [6, 6.07) is 6.99. The van der Waals surface area contributed by atoms with Crippen molar-refractivity contribution in [2.24, 2.45) is 0 Å². The summed E-state index contributed by atoms with van der Waals surface area (Å²) in [5.41, 5.74) is -1.13. The number of ether oxygens (including phenoxy) is 2. The van der Waals surface area contributed by atoms with Crippen LogP contribution >= 0.6 is 0 Å². The monoisotopic (exact) mass is 265 g/mol. The Hall–Kier alpha value is -2.12. The first-order valence-electron chi connectivity index (χ1n) is 5.72. The van der Waals surface area contributed by atoms with Crippen molar-refractivity contribution in [3.8, 4) is 11.4 Å². The fraction of sp³-hybridized carbons (Fsp3) is 0.333. The Kier molecular flexibility index (Phi) is 2.65. The molecule has 1 aliphatic heterocycles. The maximum absolute atomic E-state index is 11.7. The first-order valence-corrected chi connectivity index (χ1v) is 5.72. The summed E-state index contributed by atoms with van der Waals surface area (Å²) in [4.78, 5) is 11.7. The third-order valence-electron chi connectivity index (χ3n) is 3.10. The van der Waals surface area contributed by atoms with Crippen molar-refractivity contribution < 1.29 is 23.8 Å². The molecular formula is C12H13N2O5+. The van der Waals surface area contributed by atoms with Gasteiger partial charge in [0.2, 0.25) is 11.3 Å². The number of methoxy groups -OCH3 is 1. The van der Waals surface area contributed by atoms with Crippen molar-refractivity contribution in [2.45, 2.75) is 5.60 Å². The van der Waals surface area contributed by atoms with Gasteiger partial charge in [0.15, 0.2) is 0 Å². The molecular weight excluding hydrogens is 252 g/mol. The summed E-state index contributed by atoms with van der Waals surface area (Å²) in [6.07, 6.45) is 0. The number of nitrogens with one attached hydrogen (secondary N) is 1. The third kappa shape index (κ3) is 1.83. The zero-order valence-electron chi connectivity index (χ0n) is 10.3. The molecule has 7 nitrogen and oxygen atoms in total. The number of rotatable bonds is 3. The minimum Gasteiger partial charge on any atom is -0.497 e. The molecule has 100 valence electrons. The molecule has 0 amide bonds. The van der Waals surface area contributed by atoms with Gasteiger partial charge in [0.25, 0.3) is 0 Å². The Balaban J connectivity index is 2.07. The van der Waals surface area contributed by atoms with Crippen LogP contribution in [0, 0.1) is 0 Å². The molecule has 0 aliphatic carbocycles. The van der Waals surface area contributed by atoms with E-state index in [1.165, 1.54) is 4.68 Å². The highest BCUT2D eigenvalue weighted by molar-refractivity contribution is 5.31. The van der Waals surface area contributed by atoms with Crippen molar-refractivity contribution in [3.05, 3.63) is 40.4 Å². The molecule has 0 radical (unpaired) electrons. The van der Waals surface area contributed by atoms with E-state index in [0.29, 0.717) is 11.4 Å². The molecule has 1 aromatic heterocycles. The van der Waals surface area contributed by atoms with Gasteiger partial charge in [0.1, 0.15) is 5.75 Å². The highest BCUT2D eigenvalue weighted by atomic mass is 16.5. The van der Waals surface area contributed by atoms with Crippen LogP contribution in [0.15, 0.2) is 33.6 Å². The van der Waals surface area contributed by atoms with E-state index in [1.54, 1.807) is 31.4 Å². The van der Waals surface area contributed by atoms with Crippen LogP contribution < -0.4 is 15.0 Å². The number of aromatic nitrogens is 2. The lowest BCUT2D eigenvalue weighted by Crippen LogP contribution is -2.56. The van der Waals surface area contributed by atoms with Crippen LogP contribution in [-0.4, -0.2) is 30.7 Å². The maximum Gasteiger partial charge on any atom is 0.433 e. The van der Waals surface area contributed by atoms with Crippen molar-refractivity contribution >= 4 is 0 Å². The number of H-pyrrole nitrogens is 1. The van der Waals surface area contributed by atoms with E-state index in [2.05, 4.69) is 5.27 Å². The predicted molar refractivity (Wildman–Crippen MR) is 62.1 cm³/mol. The molecule has 3 rings (SSSR count). The van der Waals surface area contributed by atoms with Crippen molar-refractivity contribution in [2.75, 3.05) is 20.3 Å². The number of hydrogen-bond acceptors (Lipinski definition) is 5. The van der Waals surface area contributed by atoms with Gasteiger partial charge >= 0.3 is 11.3 Å². The molecule has 1 aliphatic rings. The van der Waals surface area contributed by atoms with Crippen LogP contribution in [0.3, 0.4) is 0 Å². The van der Waals surface area contributed by atoms with Crippen LogP contribution in [0.25, 0.3) is 5.69 Å². The van der Waals surface area contributed by atoms with Gasteiger partial charge in [-0.15, -0.1) is 0 Å². The maximum atomic E-state index is 11.7. The molecule has 19 heavy (non-hydrogen) atoms. The van der Waals surface area contributed by atoms with Gasteiger partial charge in [-0.3, -0.25) is 4.52 Å². The van der Waals surface area contributed by atoms with Gasteiger partial charge in [-0.05, 0) is 22.1 Å². The second kappa shape index (κ2) is 4.22. The minimum atomic E-state index is -1.31. The Morgan fingerprint density at radius 3 is 2.58 bits per heavy atom. The van der Waals surface area contributed by atoms with Crippen LogP contribution in [-0.2, 0) is 10.3 Å². The van der Waals surface area contributed by atoms with Gasteiger partial charge in [0, 0.05) is 12.1 Å². The zero-order chi connectivity index (χ0) is 13.5. The van der Waals surface area contributed by atoms with Crippen LogP contribution in [0.1, 0.15) is 5.69 Å². The van der Waals surface area contributed by atoms with Crippen LogP contribution in [0.5, 0.6) is 5.75 Å². The van der Waals surface area contributed by atoms with Gasteiger partial charge in [-0.2, -0.15) is 0 Å². The number of aromatic amines is 1. The molecule has 0 atom stereocenters. The highest BCUT2D eigenvalue weighted by Crippen LogP contribution is 2.25. The van der Waals surface area contributed by atoms with E-state index in [9.17, 15) is 9.90 Å². The Morgan fingerprint density at radius 1 is 1.37 bits per heavy atom. The summed E-state index contributed by atoms with van der Waals surface area (Å²) in [5, 5.41) is 12.7. The molecule has 1 aromatic carbocycles. The summed E-state index contributed by atoms with van der Waals surface area (Å²) < 4.78 is 16.2. The highest BCUT2D eigenvalue weighted by Gasteiger charge is 2.50. The Labute approximate surface area is 107 Å². The number of benzene rings is 1. The fourth-order valence-electron chi connectivity index (χ4n) is 2.02. The molecule has 7 heteroatoms. The molecule has 2 N–H and O–H groups in total. The summed E-state index contributed by atoms with van der Waals surface area (Å²) in [7, 11) is 1.57. The predicted octanol–water partition coefficient (Wildman–Crippen LogP) is -0.529. The lowest BCUT2D eigenvalue weighted by Gasteiger charge is -2.30. The largest absolute Gasteiger partial charge is 0.497 e. The first kappa shape index (κ1) is 11.9. The molecule has 2 aromatic rings. The molecule has 0 unspecified atom stereocenters. The fourth-order valence-corrected chi connectivity index (χ4v) is 2.02. The van der Waals surface area contributed by atoms with Crippen LogP contribution in [0.4, 0.5) is 0 Å². The van der Waals surface area contributed by atoms with E-state index in [1.807, 2.05) is 0 Å². The lowest BCUT2D eigenvalue weighted by atomic mass is 9.98. The van der Waals surface area contributed by atoms with Gasteiger partial charge in [0.05, 0.1) is 20.3 Å². The normalized spacial score (nSPS) is 16.9. The van der Waals surface area contributed by atoms with E-state index in [4.69, 9.17) is 14.0 Å². The molecule has 1 fully saturated rings. The molecule has 0 spiro atoms. The molecule has 0 saturated carbocycles. The van der Waals surface area contributed by atoms with E-state index >= 15 is 0 Å². The number of aliphatic hydroxyl groups is 1. The van der Waals surface area contributed by atoms with Crippen molar-refractivity contribution in [1.82, 2.24) is 5.27 Å². The molecule has 2 heterocycles. The molecule has 0 bridgehead atoms. The second-order valence-electron chi connectivity index (χ2n) is 4.39. The topological polar surface area (TPSA) is 88.6 Å². The summed E-state index contributed by atoms with van der Waals surface area (Å²) >= 11 is 0. The van der Waals surface area contributed by atoms with Crippen molar-refractivity contribution in [1.29, 1.82) is 0 Å². The van der Waals surface area contributed by atoms with Gasteiger partial charge in [-0.25, -0.2) is 4.79 Å². The SMILES string of the molecule is COc1ccc(-[n+]2[nH]oc(=O)c2C2(O)COC2)cc1. The zero-order valence-corrected chi connectivity index (χ0v) is 10.3. The summed E-state index contributed by atoms with van der Waals surface area (Å²) in [6.45, 7) is 0.150. The van der Waals surface area contributed by atoms with Crippen molar-refractivity contribution in [3.63, 3.8) is 0 Å². The average Bonchev–Trinajstić information content (AvgIpc) is 2.78. The number of nitrogens with zero attached hydrogens (tertiary/aromatic N) is 1. The Bertz CT molecular complexity index is 639. The smallest absolute Gasteiger partial charge is 0.433 e. The average molecular weight is 265 g/mol. The standard InChI is InChI=1S/C12H12N2O5/c1-17-9-4-2-8(3-5-9)14-10(11(15)19-13-14)12(16)6-18-7-12/h2-5,16H,6-7H2,1H3/p+1. The van der Waals surface area contributed by atoms with Gasteiger partial charge in [-0.1, -0.05) is 0 Å². The lowest BCUT2D eigenvalue weighted by molar-refractivity contribution is -0.686. The quantitative estimate of drug-likeness (QED) is 0.728. The van der Waals surface area contributed by atoms with E-state index < -0.39 is 11.2 Å². The van der Waals surface area contributed by atoms with E-state index in [-0.39, 0.29) is 18.9 Å². The molecule has 1 saturated heterocycles. The first-order chi connectivity index (χ1) is 9.14.